The van der Waals surface area contributed by atoms with Crippen LogP contribution in [0.15, 0.2) is 30.3 Å². The van der Waals surface area contributed by atoms with E-state index in [9.17, 15) is 9.18 Å². The molecule has 0 saturated carbocycles. The number of alkyl halides is 1. The van der Waals surface area contributed by atoms with E-state index in [2.05, 4.69) is 0 Å². The first-order chi connectivity index (χ1) is 8.66. The summed E-state index contributed by atoms with van der Waals surface area (Å²) in [7, 11) is 0. The minimum atomic E-state index is -1.02. The van der Waals surface area contributed by atoms with Crippen LogP contribution in [0.25, 0.3) is 0 Å². The number of benzene rings is 1. The SMILES string of the molecule is Cl.N[C@H]1CN(C(=O)OCc2ccccc2)CC[C@H]1F. The molecule has 0 spiro atoms. The predicted molar refractivity (Wildman–Crippen MR) is 72.9 cm³/mol. The molecule has 2 N–H and O–H groups in total. The van der Waals surface area contributed by atoms with Crippen molar-refractivity contribution in [3.05, 3.63) is 35.9 Å². The maximum atomic E-state index is 13.2. The lowest BCUT2D eigenvalue weighted by Crippen LogP contribution is -2.51. The summed E-state index contributed by atoms with van der Waals surface area (Å²) in [6, 6.07) is 8.82. The molecule has 1 heterocycles. The minimum Gasteiger partial charge on any atom is -0.445 e. The average Bonchev–Trinajstić information content (AvgIpc) is 2.40. The Balaban J connectivity index is 0.00000180. The van der Waals surface area contributed by atoms with Crippen LogP contribution in [-0.2, 0) is 11.3 Å². The van der Waals surface area contributed by atoms with Crippen molar-refractivity contribution < 1.29 is 13.9 Å². The zero-order valence-electron chi connectivity index (χ0n) is 10.5. The second kappa shape index (κ2) is 7.31. The number of amides is 1. The van der Waals surface area contributed by atoms with Gasteiger partial charge in [0, 0.05) is 13.1 Å². The fourth-order valence-corrected chi connectivity index (χ4v) is 1.93. The van der Waals surface area contributed by atoms with Crippen LogP contribution in [0.1, 0.15) is 12.0 Å². The maximum absolute atomic E-state index is 13.2. The van der Waals surface area contributed by atoms with Gasteiger partial charge < -0.3 is 15.4 Å². The van der Waals surface area contributed by atoms with Crippen molar-refractivity contribution in [3.63, 3.8) is 0 Å². The molecular formula is C13H18ClFN2O2. The van der Waals surface area contributed by atoms with Crippen LogP contribution in [0.5, 0.6) is 0 Å². The molecule has 106 valence electrons. The number of hydrogen-bond donors (Lipinski definition) is 1. The van der Waals surface area contributed by atoms with E-state index in [0.717, 1.165) is 5.56 Å². The number of piperidine rings is 1. The summed E-state index contributed by atoms with van der Waals surface area (Å²) in [5.74, 6) is 0. The molecule has 2 atom stereocenters. The van der Waals surface area contributed by atoms with Crippen LogP contribution in [0.4, 0.5) is 9.18 Å². The van der Waals surface area contributed by atoms with Crippen molar-refractivity contribution in [2.24, 2.45) is 5.73 Å². The Morgan fingerprint density at radius 2 is 2.11 bits per heavy atom. The molecule has 1 aromatic carbocycles. The summed E-state index contributed by atoms with van der Waals surface area (Å²) in [6.07, 6.45) is -1.17. The number of ether oxygens (including phenoxy) is 1. The molecule has 2 rings (SSSR count). The van der Waals surface area contributed by atoms with E-state index in [1.165, 1.54) is 4.90 Å². The zero-order chi connectivity index (χ0) is 13.0. The second-order valence-electron chi connectivity index (χ2n) is 4.45. The van der Waals surface area contributed by atoms with Crippen LogP contribution >= 0.6 is 12.4 Å². The number of hydrogen-bond acceptors (Lipinski definition) is 3. The van der Waals surface area contributed by atoms with E-state index in [1.807, 2.05) is 30.3 Å². The van der Waals surface area contributed by atoms with Crippen LogP contribution < -0.4 is 5.73 Å². The molecule has 1 amide bonds. The van der Waals surface area contributed by atoms with Gasteiger partial charge in [0.25, 0.3) is 0 Å². The van der Waals surface area contributed by atoms with Crippen molar-refractivity contribution in [1.29, 1.82) is 0 Å². The Labute approximate surface area is 118 Å². The van der Waals surface area contributed by atoms with Gasteiger partial charge in [-0.15, -0.1) is 12.4 Å². The Bertz CT molecular complexity index is 405. The smallest absolute Gasteiger partial charge is 0.410 e. The summed E-state index contributed by atoms with van der Waals surface area (Å²) in [6.45, 7) is 0.807. The normalized spacial score (nSPS) is 22.5. The predicted octanol–water partition coefficient (Wildman–Crippen LogP) is 2.12. The number of nitrogens with two attached hydrogens (primary N) is 1. The Morgan fingerprint density at radius 1 is 1.42 bits per heavy atom. The van der Waals surface area contributed by atoms with Gasteiger partial charge in [-0.25, -0.2) is 9.18 Å². The Kier molecular flexibility index (Phi) is 6.05. The van der Waals surface area contributed by atoms with Crippen molar-refractivity contribution in [1.82, 2.24) is 4.90 Å². The third-order valence-corrected chi connectivity index (χ3v) is 3.03. The quantitative estimate of drug-likeness (QED) is 0.907. The molecule has 19 heavy (non-hydrogen) atoms. The highest BCUT2D eigenvalue weighted by molar-refractivity contribution is 5.85. The van der Waals surface area contributed by atoms with Gasteiger partial charge in [0.2, 0.25) is 0 Å². The van der Waals surface area contributed by atoms with Gasteiger partial charge in [0.15, 0.2) is 0 Å². The van der Waals surface area contributed by atoms with Crippen molar-refractivity contribution >= 4 is 18.5 Å². The van der Waals surface area contributed by atoms with E-state index in [0.29, 0.717) is 6.54 Å². The summed E-state index contributed by atoms with van der Waals surface area (Å²) < 4.78 is 18.3. The number of rotatable bonds is 2. The average molecular weight is 289 g/mol. The molecule has 1 aromatic rings. The van der Waals surface area contributed by atoms with Gasteiger partial charge in [-0.05, 0) is 12.0 Å². The van der Waals surface area contributed by atoms with Gasteiger partial charge >= 0.3 is 6.09 Å². The number of nitrogens with zero attached hydrogens (tertiary/aromatic N) is 1. The molecule has 1 fully saturated rings. The highest BCUT2D eigenvalue weighted by atomic mass is 35.5. The van der Waals surface area contributed by atoms with Gasteiger partial charge in [-0.1, -0.05) is 30.3 Å². The Hall–Kier alpha value is -1.33. The first kappa shape index (κ1) is 15.7. The third-order valence-electron chi connectivity index (χ3n) is 3.03. The first-order valence-electron chi connectivity index (χ1n) is 6.02. The first-order valence-corrected chi connectivity index (χ1v) is 6.02. The lowest BCUT2D eigenvalue weighted by atomic mass is 10.1. The molecule has 0 radical (unpaired) electrons. The monoisotopic (exact) mass is 288 g/mol. The third kappa shape index (κ3) is 4.36. The van der Waals surface area contributed by atoms with Gasteiger partial charge in [-0.3, -0.25) is 0 Å². The van der Waals surface area contributed by atoms with Gasteiger partial charge in [0.05, 0.1) is 6.04 Å². The number of halogens is 2. The highest BCUT2D eigenvalue weighted by Gasteiger charge is 2.29. The molecule has 6 heteroatoms. The standard InChI is InChI=1S/C13H17FN2O2.ClH/c14-11-6-7-16(8-12(11)15)13(17)18-9-10-4-2-1-3-5-10;/h1-5,11-12H,6-9,15H2;1H/t11-,12+;/m1./s1. The van der Waals surface area contributed by atoms with E-state index in [-0.39, 0.29) is 32.0 Å². The summed E-state index contributed by atoms with van der Waals surface area (Å²) in [5.41, 5.74) is 6.52. The summed E-state index contributed by atoms with van der Waals surface area (Å²) in [5, 5.41) is 0. The van der Waals surface area contributed by atoms with E-state index >= 15 is 0 Å². The lowest BCUT2D eigenvalue weighted by molar-refractivity contribution is 0.0703. The van der Waals surface area contributed by atoms with E-state index in [1.54, 1.807) is 0 Å². The summed E-state index contributed by atoms with van der Waals surface area (Å²) >= 11 is 0. The fourth-order valence-electron chi connectivity index (χ4n) is 1.93. The molecule has 0 unspecified atom stereocenters. The van der Waals surface area contributed by atoms with Crippen molar-refractivity contribution in [3.8, 4) is 0 Å². The van der Waals surface area contributed by atoms with Crippen LogP contribution in [-0.4, -0.2) is 36.3 Å². The Morgan fingerprint density at radius 3 is 2.74 bits per heavy atom. The zero-order valence-corrected chi connectivity index (χ0v) is 11.3. The number of carbonyl (C=O) groups is 1. The topological polar surface area (TPSA) is 55.6 Å². The molecule has 0 aliphatic carbocycles. The van der Waals surface area contributed by atoms with E-state index in [4.69, 9.17) is 10.5 Å². The summed E-state index contributed by atoms with van der Waals surface area (Å²) in [4.78, 5) is 13.2. The molecule has 4 nitrogen and oxygen atoms in total. The van der Waals surface area contributed by atoms with Crippen LogP contribution in [0, 0.1) is 0 Å². The van der Waals surface area contributed by atoms with E-state index < -0.39 is 18.3 Å². The van der Waals surface area contributed by atoms with Gasteiger partial charge in [0.1, 0.15) is 12.8 Å². The number of carbonyl (C=O) groups excluding carboxylic acids is 1. The minimum absolute atomic E-state index is 0. The van der Waals surface area contributed by atoms with Crippen molar-refractivity contribution in [2.75, 3.05) is 13.1 Å². The van der Waals surface area contributed by atoms with Crippen molar-refractivity contribution in [2.45, 2.75) is 25.2 Å². The molecule has 1 aliphatic rings. The largest absolute Gasteiger partial charge is 0.445 e. The fraction of sp³-hybridized carbons (Fsp3) is 0.462. The molecule has 0 aromatic heterocycles. The lowest BCUT2D eigenvalue weighted by Gasteiger charge is -2.32. The molecule has 1 saturated heterocycles. The highest BCUT2D eigenvalue weighted by Crippen LogP contribution is 2.14. The molecular weight excluding hydrogens is 271 g/mol. The van der Waals surface area contributed by atoms with Crippen LogP contribution in [0.3, 0.4) is 0 Å². The van der Waals surface area contributed by atoms with Gasteiger partial charge in [-0.2, -0.15) is 0 Å². The molecule has 1 aliphatic heterocycles. The number of likely N-dealkylation sites (tertiary alicyclic amines) is 1. The molecule has 0 bridgehead atoms. The second-order valence-corrected chi connectivity index (χ2v) is 4.45. The van der Waals surface area contributed by atoms with Crippen LogP contribution in [0.2, 0.25) is 0 Å². The maximum Gasteiger partial charge on any atom is 0.410 e.